The molecule has 6 heteroatoms. The number of fused-ring (bicyclic) bond motifs is 1. The Balaban J connectivity index is 1.40. The van der Waals surface area contributed by atoms with Crippen molar-refractivity contribution >= 4 is 17.0 Å². The summed E-state index contributed by atoms with van der Waals surface area (Å²) in [6, 6.07) is 22.7. The number of para-hydroxylation sites is 1. The molecule has 6 nitrogen and oxygen atoms in total. The van der Waals surface area contributed by atoms with E-state index in [9.17, 15) is 4.79 Å². The van der Waals surface area contributed by atoms with Gasteiger partial charge in [0.25, 0.3) is 0 Å². The van der Waals surface area contributed by atoms with E-state index in [4.69, 9.17) is 14.2 Å². The number of imidazole rings is 1. The van der Waals surface area contributed by atoms with E-state index in [0.29, 0.717) is 11.3 Å². The van der Waals surface area contributed by atoms with Crippen LogP contribution >= 0.6 is 0 Å². The molecule has 0 bridgehead atoms. The lowest BCUT2D eigenvalue weighted by Gasteiger charge is -2.09. The van der Waals surface area contributed by atoms with Crippen LogP contribution in [0.4, 0.5) is 0 Å². The van der Waals surface area contributed by atoms with Gasteiger partial charge in [-0.3, -0.25) is 4.57 Å². The Kier molecular flexibility index (Phi) is 5.66. The summed E-state index contributed by atoms with van der Waals surface area (Å²) < 4.78 is 18.1. The Morgan fingerprint density at radius 1 is 0.933 bits per heavy atom. The number of hydrogen-bond donors (Lipinski definition) is 0. The van der Waals surface area contributed by atoms with Gasteiger partial charge < -0.3 is 14.2 Å². The van der Waals surface area contributed by atoms with E-state index >= 15 is 0 Å². The highest BCUT2D eigenvalue weighted by atomic mass is 16.6. The van der Waals surface area contributed by atoms with Crippen LogP contribution < -0.4 is 9.47 Å². The molecule has 4 aromatic rings. The highest BCUT2D eigenvalue weighted by Gasteiger charge is 2.13. The summed E-state index contributed by atoms with van der Waals surface area (Å²) in [5.41, 5.74) is 3.19. The maximum Gasteiger partial charge on any atom is 0.338 e. The summed E-state index contributed by atoms with van der Waals surface area (Å²) >= 11 is 0. The number of aromatic nitrogens is 2. The smallest absolute Gasteiger partial charge is 0.338 e. The zero-order valence-electron chi connectivity index (χ0n) is 16.9. The second kappa shape index (κ2) is 8.69. The molecule has 0 saturated carbocycles. The fourth-order valence-corrected chi connectivity index (χ4v) is 3.28. The molecule has 0 aliphatic heterocycles. The first-order valence-electron chi connectivity index (χ1n) is 9.64. The van der Waals surface area contributed by atoms with Crippen LogP contribution in [0.15, 0.2) is 72.8 Å². The minimum absolute atomic E-state index is 0.153. The molecule has 0 aliphatic carbocycles. The Labute approximate surface area is 174 Å². The van der Waals surface area contributed by atoms with Crippen LogP contribution in [0.3, 0.4) is 0 Å². The van der Waals surface area contributed by atoms with Gasteiger partial charge in [-0.25, -0.2) is 9.78 Å². The number of benzene rings is 3. The second-order valence-corrected chi connectivity index (χ2v) is 6.69. The number of methoxy groups -OCH3 is 1. The number of carbonyl (C=O) groups excluding carboxylic acids is 1. The maximum atomic E-state index is 12.4. The fourth-order valence-electron chi connectivity index (χ4n) is 3.28. The van der Waals surface area contributed by atoms with Crippen molar-refractivity contribution < 1.29 is 19.0 Å². The molecule has 30 heavy (non-hydrogen) atoms. The first kappa shape index (κ1) is 19.5. The van der Waals surface area contributed by atoms with E-state index in [1.165, 1.54) is 0 Å². The third kappa shape index (κ3) is 4.12. The van der Waals surface area contributed by atoms with Crippen molar-refractivity contribution in [2.24, 2.45) is 0 Å². The largest absolute Gasteiger partial charge is 0.497 e. The SMILES string of the molecule is COc1ccc(OCCOC(=O)c2ccc3c(c2)nc(C)n3-c2ccccc2)cc1. The molecule has 0 spiro atoms. The van der Waals surface area contributed by atoms with Crippen molar-refractivity contribution in [3.8, 4) is 17.2 Å². The molecule has 4 rings (SSSR count). The Bertz CT molecular complexity index is 1150. The van der Waals surface area contributed by atoms with Gasteiger partial charge in [0.2, 0.25) is 0 Å². The first-order chi connectivity index (χ1) is 14.7. The zero-order chi connectivity index (χ0) is 20.9. The van der Waals surface area contributed by atoms with Crippen LogP contribution in [-0.2, 0) is 4.74 Å². The van der Waals surface area contributed by atoms with Crippen molar-refractivity contribution in [2.45, 2.75) is 6.92 Å². The molecule has 3 aromatic carbocycles. The van der Waals surface area contributed by atoms with Gasteiger partial charge in [-0.05, 0) is 61.5 Å². The molecular weight excluding hydrogens is 380 g/mol. The lowest BCUT2D eigenvalue weighted by atomic mass is 10.2. The number of rotatable bonds is 7. The van der Waals surface area contributed by atoms with E-state index in [0.717, 1.165) is 28.3 Å². The summed E-state index contributed by atoms with van der Waals surface area (Å²) in [6.45, 7) is 2.37. The molecule has 0 unspecified atom stereocenters. The van der Waals surface area contributed by atoms with Crippen LogP contribution in [0.5, 0.6) is 11.5 Å². The van der Waals surface area contributed by atoms with Gasteiger partial charge >= 0.3 is 5.97 Å². The van der Waals surface area contributed by atoms with Crippen LogP contribution in [0, 0.1) is 6.92 Å². The highest BCUT2D eigenvalue weighted by molar-refractivity contribution is 5.94. The fraction of sp³-hybridized carbons (Fsp3) is 0.167. The van der Waals surface area contributed by atoms with E-state index < -0.39 is 5.97 Å². The molecular formula is C24H22N2O4. The van der Waals surface area contributed by atoms with Crippen LogP contribution in [-0.4, -0.2) is 35.8 Å². The Hall–Kier alpha value is -3.80. The summed E-state index contributed by atoms with van der Waals surface area (Å²) in [5.74, 6) is 1.90. The van der Waals surface area contributed by atoms with E-state index in [1.807, 2.05) is 55.5 Å². The molecule has 0 N–H and O–H groups in total. The monoisotopic (exact) mass is 402 g/mol. The molecule has 0 radical (unpaired) electrons. The zero-order valence-corrected chi connectivity index (χ0v) is 16.9. The van der Waals surface area contributed by atoms with E-state index in [-0.39, 0.29) is 13.2 Å². The number of aryl methyl sites for hydroxylation is 1. The average Bonchev–Trinajstić information content (AvgIpc) is 3.12. The summed E-state index contributed by atoms with van der Waals surface area (Å²) in [5, 5.41) is 0. The quantitative estimate of drug-likeness (QED) is 0.335. The molecule has 1 aromatic heterocycles. The predicted octanol–water partition coefficient (Wildman–Crippen LogP) is 4.58. The minimum Gasteiger partial charge on any atom is -0.497 e. The van der Waals surface area contributed by atoms with Gasteiger partial charge in [-0.15, -0.1) is 0 Å². The van der Waals surface area contributed by atoms with Gasteiger partial charge in [0.15, 0.2) is 0 Å². The highest BCUT2D eigenvalue weighted by Crippen LogP contribution is 2.22. The van der Waals surface area contributed by atoms with Crippen LogP contribution in [0.1, 0.15) is 16.2 Å². The lowest BCUT2D eigenvalue weighted by molar-refractivity contribution is 0.0450. The molecule has 0 aliphatic rings. The molecule has 152 valence electrons. The van der Waals surface area contributed by atoms with Gasteiger partial charge in [-0.1, -0.05) is 18.2 Å². The standard InChI is InChI=1S/C24H22N2O4/c1-17-25-22-16-18(8-13-23(22)26(17)19-6-4-3-5-7-19)24(27)30-15-14-29-21-11-9-20(28-2)10-12-21/h3-13,16H,14-15H2,1-2H3. The lowest BCUT2D eigenvalue weighted by Crippen LogP contribution is -2.12. The van der Waals surface area contributed by atoms with Gasteiger partial charge in [0, 0.05) is 5.69 Å². The molecule has 1 heterocycles. The van der Waals surface area contributed by atoms with Crippen LogP contribution in [0.2, 0.25) is 0 Å². The number of ether oxygens (including phenoxy) is 3. The third-order valence-electron chi connectivity index (χ3n) is 4.72. The Morgan fingerprint density at radius 2 is 1.67 bits per heavy atom. The van der Waals surface area contributed by atoms with Crippen molar-refractivity contribution in [3.63, 3.8) is 0 Å². The van der Waals surface area contributed by atoms with Crippen molar-refractivity contribution in [3.05, 3.63) is 84.2 Å². The van der Waals surface area contributed by atoms with Gasteiger partial charge in [0.05, 0.1) is 23.7 Å². The molecule has 0 fully saturated rings. The first-order valence-corrected chi connectivity index (χ1v) is 9.64. The van der Waals surface area contributed by atoms with Crippen molar-refractivity contribution in [1.29, 1.82) is 0 Å². The topological polar surface area (TPSA) is 62.6 Å². The number of nitrogens with zero attached hydrogens (tertiary/aromatic N) is 2. The van der Waals surface area contributed by atoms with Gasteiger partial charge in [-0.2, -0.15) is 0 Å². The summed E-state index contributed by atoms with van der Waals surface area (Å²) in [7, 11) is 1.61. The van der Waals surface area contributed by atoms with E-state index in [2.05, 4.69) is 9.55 Å². The summed E-state index contributed by atoms with van der Waals surface area (Å²) in [6.07, 6.45) is 0. The van der Waals surface area contributed by atoms with E-state index in [1.54, 1.807) is 31.4 Å². The Morgan fingerprint density at radius 3 is 2.40 bits per heavy atom. The molecule has 0 atom stereocenters. The maximum absolute atomic E-state index is 12.4. The van der Waals surface area contributed by atoms with Crippen molar-refractivity contribution in [2.75, 3.05) is 20.3 Å². The second-order valence-electron chi connectivity index (χ2n) is 6.69. The minimum atomic E-state index is -0.401. The van der Waals surface area contributed by atoms with Gasteiger partial charge in [0.1, 0.15) is 30.5 Å². The number of esters is 1. The number of carbonyl (C=O) groups is 1. The predicted molar refractivity (Wildman–Crippen MR) is 115 cm³/mol. The van der Waals surface area contributed by atoms with Crippen molar-refractivity contribution in [1.82, 2.24) is 9.55 Å². The number of hydrogen-bond acceptors (Lipinski definition) is 5. The normalized spacial score (nSPS) is 10.7. The molecule has 0 saturated heterocycles. The van der Waals surface area contributed by atoms with Crippen LogP contribution in [0.25, 0.3) is 16.7 Å². The third-order valence-corrected chi connectivity index (χ3v) is 4.72. The average molecular weight is 402 g/mol. The molecule has 0 amide bonds. The summed E-state index contributed by atoms with van der Waals surface area (Å²) in [4.78, 5) is 17.0.